The van der Waals surface area contributed by atoms with Gasteiger partial charge in [0, 0.05) is 19.8 Å². The molecule has 5 nitrogen and oxygen atoms in total. The van der Waals surface area contributed by atoms with Gasteiger partial charge in [0.2, 0.25) is 0 Å². The molecule has 1 aromatic rings. The number of thioether (sulfide) groups is 1. The summed E-state index contributed by atoms with van der Waals surface area (Å²) in [6.07, 6.45) is 4.85. The summed E-state index contributed by atoms with van der Waals surface area (Å²) >= 11 is 6.78. The minimum Gasteiger partial charge on any atom is -0.347 e. The average Bonchev–Trinajstić information content (AvgIpc) is 2.49. The summed E-state index contributed by atoms with van der Waals surface area (Å²) in [6.45, 7) is 3.94. The number of carbonyl (C=O) groups excluding carboxylic acids is 1. The average molecular weight is 327 g/mol. The van der Waals surface area contributed by atoms with E-state index in [1.165, 1.54) is 16.3 Å². The highest BCUT2D eigenvalue weighted by Crippen LogP contribution is 2.22. The zero-order valence-electron chi connectivity index (χ0n) is 12.8. The Morgan fingerprint density at radius 1 is 1.38 bits per heavy atom. The first kappa shape index (κ1) is 17.7. The van der Waals surface area contributed by atoms with Crippen LogP contribution in [-0.4, -0.2) is 21.2 Å². The van der Waals surface area contributed by atoms with Crippen LogP contribution in [0.2, 0.25) is 0 Å². The molecule has 0 aliphatic heterocycles. The molecule has 7 heteroatoms. The minimum absolute atomic E-state index is 0.150. The van der Waals surface area contributed by atoms with Gasteiger partial charge in [0.05, 0.1) is 16.5 Å². The number of aldehydes is 1. The van der Waals surface area contributed by atoms with E-state index in [1.807, 2.05) is 13.0 Å². The lowest BCUT2D eigenvalue weighted by molar-refractivity contribution is -0.105. The summed E-state index contributed by atoms with van der Waals surface area (Å²) in [6, 6.07) is 0. The van der Waals surface area contributed by atoms with Crippen LogP contribution in [0, 0.1) is 11.6 Å². The van der Waals surface area contributed by atoms with Crippen LogP contribution in [0.25, 0.3) is 0 Å². The van der Waals surface area contributed by atoms with Crippen molar-refractivity contribution >= 4 is 36.0 Å². The van der Waals surface area contributed by atoms with Gasteiger partial charge in [-0.2, -0.15) is 0 Å². The largest absolute Gasteiger partial charge is 0.347 e. The van der Waals surface area contributed by atoms with E-state index in [0.717, 1.165) is 35.5 Å². The van der Waals surface area contributed by atoms with E-state index in [4.69, 9.17) is 12.2 Å². The van der Waals surface area contributed by atoms with Crippen molar-refractivity contribution in [3.63, 3.8) is 0 Å². The topological polar surface area (TPSA) is 56.0 Å². The number of nitrogens with one attached hydrogen (secondary N) is 1. The van der Waals surface area contributed by atoms with Crippen molar-refractivity contribution in [2.45, 2.75) is 26.7 Å². The van der Waals surface area contributed by atoms with E-state index < -0.39 is 0 Å². The van der Waals surface area contributed by atoms with Crippen molar-refractivity contribution in [2.24, 2.45) is 14.1 Å². The van der Waals surface area contributed by atoms with Gasteiger partial charge in [-0.15, -0.1) is 11.8 Å². The smallest absolute Gasteiger partial charge is 0.328 e. The van der Waals surface area contributed by atoms with Crippen molar-refractivity contribution in [1.29, 1.82) is 0 Å². The van der Waals surface area contributed by atoms with E-state index in [1.54, 1.807) is 18.7 Å². The molecule has 0 radical (unpaired) electrons. The van der Waals surface area contributed by atoms with Gasteiger partial charge in [0.15, 0.2) is 0 Å². The molecule has 1 aromatic heterocycles. The van der Waals surface area contributed by atoms with Crippen molar-refractivity contribution in [2.75, 3.05) is 11.1 Å². The molecule has 1 N–H and O–H groups in total. The predicted molar refractivity (Wildman–Crippen MR) is 91.4 cm³/mol. The first-order valence-electron chi connectivity index (χ1n) is 6.74. The Balaban J connectivity index is 3.24. The van der Waals surface area contributed by atoms with Crippen molar-refractivity contribution < 1.29 is 4.79 Å². The van der Waals surface area contributed by atoms with Crippen LogP contribution >= 0.6 is 24.0 Å². The Morgan fingerprint density at radius 2 is 2.05 bits per heavy atom. The molecule has 21 heavy (non-hydrogen) atoms. The van der Waals surface area contributed by atoms with Crippen LogP contribution in [0.15, 0.2) is 15.9 Å². The molecule has 0 saturated heterocycles. The minimum atomic E-state index is -0.150. The van der Waals surface area contributed by atoms with Gasteiger partial charge in [0.1, 0.15) is 10.9 Å². The van der Waals surface area contributed by atoms with Crippen LogP contribution in [0.4, 0.5) is 5.69 Å². The summed E-state index contributed by atoms with van der Waals surface area (Å²) < 4.78 is 3.46. The zero-order valence-corrected chi connectivity index (χ0v) is 14.4. The van der Waals surface area contributed by atoms with E-state index >= 15 is 0 Å². The molecule has 0 bridgehead atoms. The fourth-order valence-corrected chi connectivity index (χ4v) is 2.69. The molecule has 0 atom stereocenters. The summed E-state index contributed by atoms with van der Waals surface area (Å²) in [4.78, 5) is 22.5. The maximum Gasteiger partial charge on any atom is 0.328 e. The van der Waals surface area contributed by atoms with Crippen LogP contribution in [0.1, 0.15) is 25.5 Å². The van der Waals surface area contributed by atoms with Crippen LogP contribution in [0.3, 0.4) is 0 Å². The van der Waals surface area contributed by atoms with Crippen LogP contribution in [-0.2, 0) is 18.9 Å². The normalized spacial score (nSPS) is 11.5. The SMILES string of the molecule is CCC/C=C(/Nc1c(C)n(C)c(=O)n(C)c1=S)SCC=O. The third kappa shape index (κ3) is 4.31. The van der Waals surface area contributed by atoms with Crippen molar-refractivity contribution in [1.82, 2.24) is 9.13 Å². The first-order chi connectivity index (χ1) is 9.93. The number of carbonyl (C=O) groups is 1. The lowest BCUT2D eigenvalue weighted by atomic mass is 10.3. The second-order valence-corrected chi connectivity index (χ2v) is 6.07. The summed E-state index contributed by atoms with van der Waals surface area (Å²) in [5.41, 5.74) is 1.36. The molecule has 0 amide bonds. The van der Waals surface area contributed by atoms with Gasteiger partial charge in [-0.1, -0.05) is 31.6 Å². The van der Waals surface area contributed by atoms with Gasteiger partial charge >= 0.3 is 5.69 Å². The predicted octanol–water partition coefficient (Wildman–Crippen LogP) is 2.75. The van der Waals surface area contributed by atoms with Crippen molar-refractivity contribution in [3.05, 3.63) is 31.9 Å². The molecule has 1 rings (SSSR count). The Labute approximate surface area is 134 Å². The molecule has 0 aliphatic carbocycles. The molecule has 0 aliphatic rings. The molecule has 0 spiro atoms. The highest BCUT2D eigenvalue weighted by molar-refractivity contribution is 8.03. The molecule has 0 unspecified atom stereocenters. The highest BCUT2D eigenvalue weighted by Gasteiger charge is 2.11. The van der Waals surface area contributed by atoms with E-state index in [2.05, 4.69) is 12.2 Å². The molecule has 0 fully saturated rings. The molecule has 1 heterocycles. The summed E-state index contributed by atoms with van der Waals surface area (Å²) in [5.74, 6) is 0.381. The van der Waals surface area contributed by atoms with Gasteiger partial charge in [-0.05, 0) is 13.3 Å². The molecule has 116 valence electrons. The van der Waals surface area contributed by atoms with Gasteiger partial charge in [-0.25, -0.2) is 4.79 Å². The van der Waals surface area contributed by atoms with Crippen LogP contribution < -0.4 is 11.0 Å². The third-order valence-electron chi connectivity index (χ3n) is 3.13. The lowest BCUT2D eigenvalue weighted by Crippen LogP contribution is -2.30. The second-order valence-electron chi connectivity index (χ2n) is 4.63. The maximum absolute atomic E-state index is 12.0. The highest BCUT2D eigenvalue weighted by atomic mass is 32.2. The standard InChI is InChI=1S/C14H21N3O2S2/c1-5-6-7-11(21-9-8-18)15-12-10(2)16(3)14(19)17(4)13(12)20/h7-8,15H,5-6,9H2,1-4H3/b11-7-. The van der Waals surface area contributed by atoms with Crippen molar-refractivity contribution in [3.8, 4) is 0 Å². The number of unbranched alkanes of at least 4 members (excludes halogenated alkanes) is 1. The molecular weight excluding hydrogens is 306 g/mol. The maximum atomic E-state index is 12.0. The molecule has 0 saturated carbocycles. The van der Waals surface area contributed by atoms with E-state index in [-0.39, 0.29) is 5.69 Å². The monoisotopic (exact) mass is 327 g/mol. The number of hydrogen-bond donors (Lipinski definition) is 1. The zero-order chi connectivity index (χ0) is 16.0. The molecular formula is C14H21N3O2S2. The number of aromatic nitrogens is 2. The lowest BCUT2D eigenvalue weighted by Gasteiger charge is -2.16. The second kappa shape index (κ2) is 8.19. The summed E-state index contributed by atoms with van der Waals surface area (Å²) in [7, 11) is 3.37. The number of allylic oxidation sites excluding steroid dienone is 1. The Morgan fingerprint density at radius 3 is 2.62 bits per heavy atom. The van der Waals surface area contributed by atoms with Gasteiger partial charge < -0.3 is 10.1 Å². The molecule has 0 aromatic carbocycles. The summed E-state index contributed by atoms with van der Waals surface area (Å²) in [5, 5.41) is 4.16. The fourth-order valence-electron chi connectivity index (χ4n) is 1.76. The quantitative estimate of drug-likeness (QED) is 0.616. The fraction of sp³-hybridized carbons (Fsp3) is 0.500. The van der Waals surface area contributed by atoms with Crippen LogP contribution in [0.5, 0.6) is 0 Å². The number of rotatable bonds is 7. The third-order valence-corrected chi connectivity index (χ3v) is 4.49. The Kier molecular flexibility index (Phi) is 6.91. The number of hydrogen-bond acceptors (Lipinski definition) is 5. The van der Waals surface area contributed by atoms with Gasteiger partial charge in [0.25, 0.3) is 0 Å². The number of anilines is 1. The Bertz CT molecular complexity index is 659. The van der Waals surface area contributed by atoms with E-state index in [9.17, 15) is 9.59 Å². The Hall–Kier alpha value is -1.34. The first-order valence-corrected chi connectivity index (χ1v) is 8.13. The number of nitrogens with zero attached hydrogens (tertiary/aromatic N) is 2. The van der Waals surface area contributed by atoms with E-state index in [0.29, 0.717) is 10.4 Å². The van der Waals surface area contributed by atoms with Gasteiger partial charge in [-0.3, -0.25) is 9.13 Å².